The van der Waals surface area contributed by atoms with E-state index in [0.717, 1.165) is 5.56 Å². The topological polar surface area (TPSA) is 51.0 Å². The van der Waals surface area contributed by atoms with Gasteiger partial charge in [-0.15, -0.1) is 0 Å². The van der Waals surface area contributed by atoms with Gasteiger partial charge in [0, 0.05) is 25.1 Å². The monoisotopic (exact) mass is 235 g/mol. The molecule has 0 spiro atoms. The van der Waals surface area contributed by atoms with Crippen molar-refractivity contribution >= 4 is 0 Å². The fourth-order valence-corrected chi connectivity index (χ4v) is 1.56. The number of aromatic nitrogens is 2. The van der Waals surface area contributed by atoms with E-state index in [9.17, 15) is 4.39 Å². The van der Waals surface area contributed by atoms with E-state index in [1.165, 1.54) is 12.4 Å². The van der Waals surface area contributed by atoms with Crippen LogP contribution in [0.3, 0.4) is 0 Å². The largest absolute Gasteiger partial charge is 0.340 e. The maximum absolute atomic E-state index is 13.4. The fraction of sp³-hybridized carbons (Fsp3) is 0.333. The van der Waals surface area contributed by atoms with Crippen LogP contribution in [0, 0.1) is 12.7 Å². The Hall–Kier alpha value is -1.75. The highest BCUT2D eigenvalue weighted by Crippen LogP contribution is 2.09. The number of halogens is 1. The Morgan fingerprint density at radius 2 is 2.29 bits per heavy atom. The Bertz CT molecular complexity index is 471. The molecule has 1 N–H and O–H groups in total. The molecule has 1 heterocycles. The first-order valence-electron chi connectivity index (χ1n) is 5.47. The number of benzene rings is 1. The summed E-state index contributed by atoms with van der Waals surface area (Å²) in [7, 11) is 0. The van der Waals surface area contributed by atoms with Crippen LogP contribution in [0.1, 0.15) is 17.0 Å². The average molecular weight is 235 g/mol. The maximum atomic E-state index is 13.4. The molecule has 0 saturated heterocycles. The van der Waals surface area contributed by atoms with E-state index in [1.807, 2.05) is 13.0 Å². The molecule has 0 saturated carbocycles. The molecule has 1 aromatic carbocycles. The Labute approximate surface area is 98.8 Å². The first-order chi connectivity index (χ1) is 8.25. The number of nitrogens with zero attached hydrogens (tertiary/aromatic N) is 2. The molecular weight excluding hydrogens is 221 g/mol. The minimum Gasteiger partial charge on any atom is -0.340 e. The first kappa shape index (κ1) is 11.7. The van der Waals surface area contributed by atoms with E-state index in [1.54, 1.807) is 6.07 Å². The molecule has 0 unspecified atom stereocenters. The van der Waals surface area contributed by atoms with Crippen molar-refractivity contribution in [1.82, 2.24) is 15.5 Å². The van der Waals surface area contributed by atoms with E-state index in [-0.39, 0.29) is 5.82 Å². The third kappa shape index (κ3) is 3.35. The van der Waals surface area contributed by atoms with E-state index < -0.39 is 0 Å². The van der Waals surface area contributed by atoms with Gasteiger partial charge in [-0.1, -0.05) is 22.9 Å². The zero-order valence-corrected chi connectivity index (χ0v) is 9.61. The molecule has 0 aliphatic rings. The van der Waals surface area contributed by atoms with Crippen LogP contribution in [0.25, 0.3) is 0 Å². The summed E-state index contributed by atoms with van der Waals surface area (Å²) < 4.78 is 18.2. The van der Waals surface area contributed by atoms with Gasteiger partial charge in [-0.2, -0.15) is 4.98 Å². The van der Waals surface area contributed by atoms with Crippen LogP contribution in [0.2, 0.25) is 0 Å². The molecule has 1 aromatic heterocycles. The molecule has 5 heteroatoms. The number of rotatable bonds is 5. The lowest BCUT2D eigenvalue weighted by molar-refractivity contribution is 0.374. The minimum absolute atomic E-state index is 0.180. The van der Waals surface area contributed by atoms with Gasteiger partial charge in [-0.3, -0.25) is 0 Å². The third-order valence-electron chi connectivity index (χ3n) is 2.44. The Morgan fingerprint density at radius 1 is 1.41 bits per heavy atom. The average Bonchev–Trinajstić information content (AvgIpc) is 2.82. The van der Waals surface area contributed by atoms with Crippen LogP contribution in [0.5, 0.6) is 0 Å². The van der Waals surface area contributed by atoms with Crippen molar-refractivity contribution in [1.29, 1.82) is 0 Å². The Kier molecular flexibility index (Phi) is 3.82. The molecule has 0 atom stereocenters. The standard InChI is InChI=1S/C12H14FN3O/c1-9-2-3-11(13)10(6-9)7-14-5-4-12-15-8-16-17-12/h2-3,6,8,14H,4-5,7H2,1H3. The highest BCUT2D eigenvalue weighted by molar-refractivity contribution is 5.23. The number of hydrogen-bond donors (Lipinski definition) is 1. The highest BCUT2D eigenvalue weighted by Gasteiger charge is 2.02. The van der Waals surface area contributed by atoms with Crippen molar-refractivity contribution < 1.29 is 8.91 Å². The van der Waals surface area contributed by atoms with Crippen molar-refractivity contribution in [3.63, 3.8) is 0 Å². The van der Waals surface area contributed by atoms with E-state index in [4.69, 9.17) is 4.52 Å². The van der Waals surface area contributed by atoms with Crippen molar-refractivity contribution in [2.75, 3.05) is 6.54 Å². The second-order valence-electron chi connectivity index (χ2n) is 3.86. The third-order valence-corrected chi connectivity index (χ3v) is 2.44. The van der Waals surface area contributed by atoms with Gasteiger partial charge in [0.2, 0.25) is 5.89 Å². The molecule has 0 fully saturated rings. The van der Waals surface area contributed by atoms with Gasteiger partial charge in [0.1, 0.15) is 5.82 Å². The van der Waals surface area contributed by atoms with Crippen LogP contribution >= 0.6 is 0 Å². The molecule has 0 amide bonds. The van der Waals surface area contributed by atoms with E-state index in [0.29, 0.717) is 31.0 Å². The molecule has 90 valence electrons. The van der Waals surface area contributed by atoms with Crippen LogP contribution in [0.15, 0.2) is 29.0 Å². The van der Waals surface area contributed by atoms with Crippen molar-refractivity contribution in [2.24, 2.45) is 0 Å². The summed E-state index contributed by atoms with van der Waals surface area (Å²) in [6.45, 7) is 3.12. The first-order valence-corrected chi connectivity index (χ1v) is 5.47. The van der Waals surface area contributed by atoms with Crippen LogP contribution < -0.4 is 5.32 Å². The smallest absolute Gasteiger partial charge is 0.227 e. The molecule has 2 rings (SSSR count). The summed E-state index contributed by atoms with van der Waals surface area (Å²) in [5.74, 6) is 0.406. The van der Waals surface area contributed by atoms with Gasteiger partial charge in [-0.25, -0.2) is 4.39 Å². The van der Waals surface area contributed by atoms with Gasteiger partial charge in [0.15, 0.2) is 6.33 Å². The summed E-state index contributed by atoms with van der Waals surface area (Å²) in [5, 5.41) is 6.65. The SMILES string of the molecule is Cc1ccc(F)c(CNCCc2ncno2)c1. The Morgan fingerprint density at radius 3 is 3.06 bits per heavy atom. The minimum atomic E-state index is -0.180. The molecule has 17 heavy (non-hydrogen) atoms. The zero-order valence-electron chi connectivity index (χ0n) is 9.61. The molecular formula is C12H14FN3O. The molecule has 2 aromatic rings. The van der Waals surface area contributed by atoms with Crippen molar-refractivity contribution in [3.8, 4) is 0 Å². The summed E-state index contributed by atoms with van der Waals surface area (Å²) in [4.78, 5) is 3.90. The van der Waals surface area contributed by atoms with Crippen LogP contribution in [-0.2, 0) is 13.0 Å². The number of nitrogens with one attached hydrogen (secondary N) is 1. The summed E-state index contributed by atoms with van der Waals surface area (Å²) in [6.07, 6.45) is 2.02. The van der Waals surface area contributed by atoms with E-state index in [2.05, 4.69) is 15.5 Å². The second kappa shape index (κ2) is 5.54. The highest BCUT2D eigenvalue weighted by atomic mass is 19.1. The number of aryl methyl sites for hydroxylation is 1. The molecule has 4 nitrogen and oxygen atoms in total. The molecule has 0 radical (unpaired) electrons. The van der Waals surface area contributed by atoms with Crippen LogP contribution in [0.4, 0.5) is 4.39 Å². The normalized spacial score (nSPS) is 10.7. The summed E-state index contributed by atoms with van der Waals surface area (Å²) >= 11 is 0. The van der Waals surface area contributed by atoms with E-state index >= 15 is 0 Å². The van der Waals surface area contributed by atoms with Crippen molar-refractivity contribution in [3.05, 3.63) is 47.4 Å². The Balaban J connectivity index is 1.80. The molecule has 0 bridgehead atoms. The number of hydrogen-bond acceptors (Lipinski definition) is 4. The van der Waals surface area contributed by atoms with Gasteiger partial charge in [0.25, 0.3) is 0 Å². The lowest BCUT2D eigenvalue weighted by Gasteiger charge is -2.05. The lowest BCUT2D eigenvalue weighted by Crippen LogP contribution is -2.17. The zero-order chi connectivity index (χ0) is 12.1. The predicted molar refractivity (Wildman–Crippen MR) is 60.8 cm³/mol. The van der Waals surface area contributed by atoms with Crippen molar-refractivity contribution in [2.45, 2.75) is 19.9 Å². The maximum Gasteiger partial charge on any atom is 0.227 e. The summed E-state index contributed by atoms with van der Waals surface area (Å²) in [6, 6.07) is 5.09. The molecule has 0 aliphatic heterocycles. The molecule has 0 aliphatic carbocycles. The predicted octanol–water partition coefficient (Wildman–Crippen LogP) is 1.85. The summed E-state index contributed by atoms with van der Waals surface area (Å²) in [5.41, 5.74) is 1.73. The second-order valence-corrected chi connectivity index (χ2v) is 3.86. The fourth-order valence-electron chi connectivity index (χ4n) is 1.56. The quantitative estimate of drug-likeness (QED) is 0.803. The van der Waals surface area contributed by atoms with Gasteiger partial charge >= 0.3 is 0 Å². The van der Waals surface area contributed by atoms with Crippen LogP contribution in [-0.4, -0.2) is 16.7 Å². The van der Waals surface area contributed by atoms with Gasteiger partial charge < -0.3 is 9.84 Å². The van der Waals surface area contributed by atoms with Gasteiger partial charge in [-0.05, 0) is 13.0 Å². The lowest BCUT2D eigenvalue weighted by atomic mass is 10.1. The van der Waals surface area contributed by atoms with Gasteiger partial charge in [0.05, 0.1) is 0 Å².